The van der Waals surface area contributed by atoms with Crippen LogP contribution < -0.4 is 4.90 Å². The molecule has 5 heteroatoms. The fourth-order valence-electron chi connectivity index (χ4n) is 2.92. The van der Waals surface area contributed by atoms with Gasteiger partial charge >= 0.3 is 0 Å². The fourth-order valence-corrected chi connectivity index (χ4v) is 4.47. The minimum absolute atomic E-state index is 0.00739. The zero-order chi connectivity index (χ0) is 14.8. The topological polar surface area (TPSA) is 57.6 Å². The van der Waals surface area contributed by atoms with Gasteiger partial charge in [0.25, 0.3) is 0 Å². The van der Waals surface area contributed by atoms with Crippen LogP contribution in [-0.2, 0) is 9.84 Å². The molecule has 20 heavy (non-hydrogen) atoms. The Labute approximate surface area is 121 Å². The second kappa shape index (κ2) is 6.14. The van der Waals surface area contributed by atoms with E-state index < -0.39 is 9.84 Å². The zero-order valence-electron chi connectivity index (χ0n) is 12.1. The fraction of sp³-hybridized carbons (Fsp3) is 0.600. The van der Waals surface area contributed by atoms with Gasteiger partial charge < -0.3 is 10.0 Å². The summed E-state index contributed by atoms with van der Waals surface area (Å²) in [6.07, 6.45) is 1.59. The number of aliphatic hydroxyl groups excluding tert-OH is 1. The first kappa shape index (κ1) is 15.3. The number of rotatable bonds is 5. The molecule has 0 aromatic heterocycles. The first-order chi connectivity index (χ1) is 9.51. The summed E-state index contributed by atoms with van der Waals surface area (Å²) in [4.78, 5) is 2.45. The van der Waals surface area contributed by atoms with Crippen LogP contribution in [0, 0.1) is 5.92 Å². The van der Waals surface area contributed by atoms with Gasteiger partial charge in [-0.2, -0.15) is 0 Å². The maximum atomic E-state index is 12.4. The van der Waals surface area contributed by atoms with E-state index in [-0.39, 0.29) is 18.4 Å². The van der Waals surface area contributed by atoms with Gasteiger partial charge in [-0.1, -0.05) is 26.0 Å². The number of para-hydroxylation sites is 1. The Morgan fingerprint density at radius 1 is 1.35 bits per heavy atom. The number of aliphatic hydroxyl groups is 1. The molecule has 1 heterocycles. The Kier molecular flexibility index (Phi) is 4.70. The van der Waals surface area contributed by atoms with Crippen LogP contribution >= 0.6 is 0 Å². The van der Waals surface area contributed by atoms with Crippen molar-refractivity contribution >= 4 is 15.5 Å². The Hall–Kier alpha value is -1.07. The molecular weight excluding hydrogens is 274 g/mol. The largest absolute Gasteiger partial charge is 0.394 e. The van der Waals surface area contributed by atoms with E-state index in [1.165, 1.54) is 0 Å². The molecular formula is C15H23NO3S. The van der Waals surface area contributed by atoms with Crippen molar-refractivity contribution < 1.29 is 13.5 Å². The van der Waals surface area contributed by atoms with Crippen molar-refractivity contribution in [3.05, 3.63) is 24.3 Å². The van der Waals surface area contributed by atoms with E-state index in [0.29, 0.717) is 17.2 Å². The number of anilines is 1. The van der Waals surface area contributed by atoms with Crippen LogP contribution in [0.15, 0.2) is 29.2 Å². The number of hydrogen-bond acceptors (Lipinski definition) is 4. The highest BCUT2D eigenvalue weighted by atomic mass is 32.2. The molecule has 4 nitrogen and oxygen atoms in total. The quantitative estimate of drug-likeness (QED) is 0.904. The van der Waals surface area contributed by atoms with Crippen LogP contribution in [0.4, 0.5) is 5.69 Å². The molecule has 0 saturated carbocycles. The molecule has 2 unspecified atom stereocenters. The van der Waals surface area contributed by atoms with Gasteiger partial charge in [0.15, 0.2) is 9.84 Å². The van der Waals surface area contributed by atoms with Gasteiger partial charge in [-0.15, -0.1) is 0 Å². The van der Waals surface area contributed by atoms with Gasteiger partial charge in [0.2, 0.25) is 0 Å². The third-order valence-corrected chi connectivity index (χ3v) is 6.01. The van der Waals surface area contributed by atoms with E-state index in [2.05, 4.69) is 6.92 Å². The lowest BCUT2D eigenvalue weighted by molar-refractivity contribution is 0.244. The lowest BCUT2D eigenvalue weighted by Gasteiger charge is -2.29. The van der Waals surface area contributed by atoms with Gasteiger partial charge in [0.05, 0.1) is 29.0 Å². The molecule has 0 bridgehead atoms. The molecule has 1 aromatic carbocycles. The van der Waals surface area contributed by atoms with Crippen molar-refractivity contribution in [3.8, 4) is 0 Å². The molecule has 0 amide bonds. The number of hydrogen-bond donors (Lipinski definition) is 1. The molecule has 1 saturated heterocycles. The average Bonchev–Trinajstić information content (AvgIpc) is 2.79. The van der Waals surface area contributed by atoms with Crippen LogP contribution in [0.25, 0.3) is 0 Å². The van der Waals surface area contributed by atoms with Crippen LogP contribution in [0.1, 0.15) is 26.7 Å². The molecule has 1 aromatic rings. The smallest absolute Gasteiger partial charge is 0.180 e. The van der Waals surface area contributed by atoms with Crippen molar-refractivity contribution in [2.75, 3.05) is 23.8 Å². The van der Waals surface area contributed by atoms with Gasteiger partial charge in [0, 0.05) is 6.54 Å². The second-order valence-electron chi connectivity index (χ2n) is 5.50. The second-order valence-corrected chi connectivity index (χ2v) is 7.57. The molecule has 0 radical (unpaired) electrons. The van der Waals surface area contributed by atoms with E-state index in [1.54, 1.807) is 12.1 Å². The van der Waals surface area contributed by atoms with Gasteiger partial charge in [0.1, 0.15) is 0 Å². The predicted octanol–water partition coefficient (Wildman–Crippen LogP) is 2.08. The van der Waals surface area contributed by atoms with E-state index in [4.69, 9.17) is 0 Å². The minimum Gasteiger partial charge on any atom is -0.394 e. The van der Waals surface area contributed by atoms with Crippen molar-refractivity contribution in [2.24, 2.45) is 5.92 Å². The maximum absolute atomic E-state index is 12.4. The van der Waals surface area contributed by atoms with E-state index in [0.717, 1.165) is 18.7 Å². The van der Waals surface area contributed by atoms with Crippen molar-refractivity contribution in [1.29, 1.82) is 0 Å². The molecule has 112 valence electrons. The van der Waals surface area contributed by atoms with Crippen LogP contribution in [0.2, 0.25) is 0 Å². The zero-order valence-corrected chi connectivity index (χ0v) is 12.9. The Bertz CT molecular complexity index is 556. The van der Waals surface area contributed by atoms with E-state index in [9.17, 15) is 13.5 Å². The maximum Gasteiger partial charge on any atom is 0.180 e. The summed E-state index contributed by atoms with van der Waals surface area (Å²) in [6, 6.07) is 7.16. The summed E-state index contributed by atoms with van der Waals surface area (Å²) in [7, 11) is -3.25. The molecule has 2 rings (SSSR count). The third-order valence-electron chi connectivity index (χ3n) is 4.05. The molecule has 1 aliphatic heterocycles. The number of nitrogens with zero attached hydrogens (tertiary/aromatic N) is 1. The summed E-state index contributed by atoms with van der Waals surface area (Å²) in [5, 5.41) is 9.57. The summed E-state index contributed by atoms with van der Waals surface area (Å²) >= 11 is 0. The van der Waals surface area contributed by atoms with Crippen molar-refractivity contribution in [3.63, 3.8) is 0 Å². The molecule has 1 aliphatic rings. The van der Waals surface area contributed by atoms with Gasteiger partial charge in [-0.3, -0.25) is 0 Å². The van der Waals surface area contributed by atoms with Gasteiger partial charge in [-0.25, -0.2) is 8.42 Å². The number of sulfone groups is 1. The highest BCUT2D eigenvalue weighted by Gasteiger charge is 2.33. The first-order valence-corrected chi connectivity index (χ1v) is 8.85. The molecule has 1 N–H and O–H groups in total. The van der Waals surface area contributed by atoms with E-state index in [1.807, 2.05) is 24.0 Å². The monoisotopic (exact) mass is 297 g/mol. The normalized spacial score (nSPS) is 23.2. The number of benzene rings is 1. The minimum atomic E-state index is -3.25. The van der Waals surface area contributed by atoms with Crippen molar-refractivity contribution in [1.82, 2.24) is 0 Å². The lowest BCUT2D eigenvalue weighted by atomic mass is 10.0. The molecule has 1 fully saturated rings. The van der Waals surface area contributed by atoms with E-state index >= 15 is 0 Å². The Morgan fingerprint density at radius 3 is 2.70 bits per heavy atom. The Balaban J connectivity index is 2.43. The van der Waals surface area contributed by atoms with Crippen LogP contribution in [-0.4, -0.2) is 38.5 Å². The first-order valence-electron chi connectivity index (χ1n) is 7.20. The van der Waals surface area contributed by atoms with Crippen LogP contribution in [0.5, 0.6) is 0 Å². The summed E-state index contributed by atoms with van der Waals surface area (Å²) < 4.78 is 24.8. The molecule has 0 spiro atoms. The average molecular weight is 297 g/mol. The van der Waals surface area contributed by atoms with Crippen LogP contribution in [0.3, 0.4) is 0 Å². The highest BCUT2D eigenvalue weighted by Crippen LogP contribution is 2.34. The SMILES string of the molecule is CCCS(=O)(=O)c1ccccc1N1CCC(C)C1CO. The summed E-state index contributed by atoms with van der Waals surface area (Å²) in [6.45, 7) is 4.83. The van der Waals surface area contributed by atoms with Crippen molar-refractivity contribution in [2.45, 2.75) is 37.6 Å². The summed E-state index contributed by atoms with van der Waals surface area (Å²) in [5.41, 5.74) is 0.740. The van der Waals surface area contributed by atoms with Gasteiger partial charge in [-0.05, 0) is 30.9 Å². The Morgan fingerprint density at radius 2 is 2.05 bits per heavy atom. The molecule has 2 atom stereocenters. The predicted molar refractivity (Wildman–Crippen MR) is 80.8 cm³/mol. The molecule has 0 aliphatic carbocycles. The third kappa shape index (κ3) is 2.83. The summed E-state index contributed by atoms with van der Waals surface area (Å²) in [5.74, 6) is 0.541. The lowest BCUT2D eigenvalue weighted by Crippen LogP contribution is -2.36. The standard InChI is InChI=1S/C15H23NO3S/c1-3-10-20(18,19)15-7-5-4-6-13(15)16-9-8-12(2)14(16)11-17/h4-7,12,14,17H,3,8-11H2,1-2H3. The highest BCUT2D eigenvalue weighted by molar-refractivity contribution is 7.91.